The third-order valence-corrected chi connectivity index (χ3v) is 2.36. The van der Waals surface area contributed by atoms with E-state index in [0.717, 1.165) is 5.56 Å². The minimum atomic E-state index is 0.107. The van der Waals surface area contributed by atoms with Crippen molar-refractivity contribution in [3.63, 3.8) is 0 Å². The van der Waals surface area contributed by atoms with Crippen molar-refractivity contribution in [3.05, 3.63) is 34.2 Å². The highest BCUT2D eigenvalue weighted by atomic mass is 16.1. The summed E-state index contributed by atoms with van der Waals surface area (Å²) in [6.07, 6.45) is 4.29. The van der Waals surface area contributed by atoms with Gasteiger partial charge < -0.3 is 9.88 Å². The highest BCUT2D eigenvalue weighted by Crippen LogP contribution is 2.18. The largest absolute Gasteiger partial charge is 0.318 e. The van der Waals surface area contributed by atoms with Crippen molar-refractivity contribution >= 4 is 0 Å². The molecule has 1 aliphatic carbocycles. The Kier molecular flexibility index (Phi) is 2.19. The number of hydrogen-bond acceptors (Lipinski definition) is 2. The van der Waals surface area contributed by atoms with E-state index >= 15 is 0 Å². The third kappa shape index (κ3) is 1.98. The Hall–Kier alpha value is -1.09. The predicted molar refractivity (Wildman–Crippen MR) is 51.5 cm³/mol. The molecule has 1 aromatic rings. The van der Waals surface area contributed by atoms with E-state index < -0.39 is 0 Å². The predicted octanol–water partition coefficient (Wildman–Crippen LogP) is 0.637. The molecule has 2 rings (SSSR count). The maximum atomic E-state index is 11.5. The van der Waals surface area contributed by atoms with Crippen molar-refractivity contribution in [2.24, 2.45) is 7.05 Å². The Bertz CT molecular complexity index is 352. The van der Waals surface area contributed by atoms with Crippen LogP contribution in [0.1, 0.15) is 18.4 Å². The lowest BCUT2D eigenvalue weighted by atomic mass is 10.3. The van der Waals surface area contributed by atoms with Gasteiger partial charge in [-0.3, -0.25) is 4.79 Å². The third-order valence-electron chi connectivity index (χ3n) is 2.36. The van der Waals surface area contributed by atoms with Crippen LogP contribution < -0.4 is 10.9 Å². The number of aromatic nitrogens is 1. The number of nitrogens with zero attached hydrogens (tertiary/aromatic N) is 1. The van der Waals surface area contributed by atoms with Crippen molar-refractivity contribution in [2.75, 3.05) is 0 Å². The molecule has 0 aromatic carbocycles. The molecule has 70 valence electrons. The molecular formula is C10H14N2O. The zero-order valence-electron chi connectivity index (χ0n) is 7.79. The van der Waals surface area contributed by atoms with Gasteiger partial charge in [0.1, 0.15) is 0 Å². The van der Waals surface area contributed by atoms with Gasteiger partial charge >= 0.3 is 0 Å². The van der Waals surface area contributed by atoms with Gasteiger partial charge in [-0.1, -0.05) is 6.07 Å². The van der Waals surface area contributed by atoms with E-state index in [0.29, 0.717) is 12.6 Å². The first-order valence-corrected chi connectivity index (χ1v) is 4.65. The molecule has 1 fully saturated rings. The molecule has 1 saturated carbocycles. The van der Waals surface area contributed by atoms with Crippen molar-refractivity contribution in [1.29, 1.82) is 0 Å². The minimum Gasteiger partial charge on any atom is -0.318 e. The summed E-state index contributed by atoms with van der Waals surface area (Å²) in [6, 6.07) is 4.45. The average Bonchev–Trinajstić information content (AvgIpc) is 2.91. The Morgan fingerprint density at radius 1 is 1.62 bits per heavy atom. The number of hydrogen-bond donors (Lipinski definition) is 1. The summed E-state index contributed by atoms with van der Waals surface area (Å²) in [5.41, 5.74) is 0.965. The van der Waals surface area contributed by atoms with Crippen LogP contribution >= 0.6 is 0 Å². The minimum absolute atomic E-state index is 0.107. The smallest absolute Gasteiger partial charge is 0.254 e. The van der Waals surface area contributed by atoms with E-state index in [1.54, 1.807) is 17.8 Å². The molecule has 1 aromatic heterocycles. The molecule has 0 aliphatic heterocycles. The lowest BCUT2D eigenvalue weighted by Gasteiger charge is -2.03. The highest BCUT2D eigenvalue weighted by Gasteiger charge is 2.20. The number of pyridine rings is 1. The van der Waals surface area contributed by atoms with Crippen LogP contribution in [0.4, 0.5) is 0 Å². The summed E-state index contributed by atoms with van der Waals surface area (Å²) in [4.78, 5) is 11.5. The van der Waals surface area contributed by atoms with Crippen LogP contribution in [0.3, 0.4) is 0 Å². The van der Waals surface area contributed by atoms with Crippen LogP contribution in [0.2, 0.25) is 0 Å². The maximum absolute atomic E-state index is 11.5. The van der Waals surface area contributed by atoms with Crippen molar-refractivity contribution < 1.29 is 0 Å². The zero-order chi connectivity index (χ0) is 9.26. The average molecular weight is 178 g/mol. The SMILES string of the molecule is Cn1cccc(CNC2CC2)c1=O. The Labute approximate surface area is 77.4 Å². The van der Waals surface area contributed by atoms with Crippen LogP contribution in [0.15, 0.2) is 23.1 Å². The lowest BCUT2D eigenvalue weighted by Crippen LogP contribution is -2.25. The molecule has 1 heterocycles. The first kappa shape index (κ1) is 8.51. The number of rotatable bonds is 3. The molecule has 0 unspecified atom stereocenters. The molecular weight excluding hydrogens is 164 g/mol. The van der Waals surface area contributed by atoms with Crippen LogP contribution in [-0.2, 0) is 13.6 Å². The summed E-state index contributed by atoms with van der Waals surface area (Å²) >= 11 is 0. The summed E-state index contributed by atoms with van der Waals surface area (Å²) in [5, 5.41) is 3.33. The quantitative estimate of drug-likeness (QED) is 0.737. The fourth-order valence-corrected chi connectivity index (χ4v) is 1.33. The van der Waals surface area contributed by atoms with E-state index in [1.807, 2.05) is 12.1 Å². The second kappa shape index (κ2) is 3.34. The Balaban J connectivity index is 2.09. The molecule has 1 aliphatic rings. The summed E-state index contributed by atoms with van der Waals surface area (Å²) in [7, 11) is 1.78. The number of nitrogens with one attached hydrogen (secondary N) is 1. The van der Waals surface area contributed by atoms with Crippen LogP contribution in [-0.4, -0.2) is 10.6 Å². The lowest BCUT2D eigenvalue weighted by molar-refractivity contribution is 0.673. The topological polar surface area (TPSA) is 34.0 Å². The highest BCUT2D eigenvalue weighted by molar-refractivity contribution is 5.10. The molecule has 0 bridgehead atoms. The molecule has 3 heteroatoms. The first-order chi connectivity index (χ1) is 6.27. The van der Waals surface area contributed by atoms with Gasteiger partial charge in [0, 0.05) is 31.4 Å². The molecule has 13 heavy (non-hydrogen) atoms. The summed E-state index contributed by atoms with van der Waals surface area (Å²) in [5.74, 6) is 0. The first-order valence-electron chi connectivity index (χ1n) is 4.65. The van der Waals surface area contributed by atoms with Crippen LogP contribution in [0.25, 0.3) is 0 Å². The van der Waals surface area contributed by atoms with E-state index in [1.165, 1.54) is 12.8 Å². The van der Waals surface area contributed by atoms with Gasteiger partial charge in [0.2, 0.25) is 0 Å². The summed E-state index contributed by atoms with van der Waals surface area (Å²) < 4.78 is 1.61. The van der Waals surface area contributed by atoms with Gasteiger partial charge in [-0.15, -0.1) is 0 Å². The van der Waals surface area contributed by atoms with E-state index in [4.69, 9.17) is 0 Å². The van der Waals surface area contributed by atoms with Gasteiger partial charge in [0.05, 0.1) is 0 Å². The van der Waals surface area contributed by atoms with Crippen LogP contribution in [0, 0.1) is 0 Å². The number of aryl methyl sites for hydroxylation is 1. The molecule has 0 saturated heterocycles. The fraction of sp³-hybridized carbons (Fsp3) is 0.500. The Morgan fingerprint density at radius 2 is 2.38 bits per heavy atom. The monoisotopic (exact) mass is 178 g/mol. The van der Waals surface area contributed by atoms with Gasteiger partial charge in [-0.25, -0.2) is 0 Å². The Morgan fingerprint density at radius 3 is 3.08 bits per heavy atom. The molecule has 0 radical (unpaired) electrons. The van der Waals surface area contributed by atoms with Crippen molar-refractivity contribution in [1.82, 2.24) is 9.88 Å². The van der Waals surface area contributed by atoms with Gasteiger partial charge in [-0.2, -0.15) is 0 Å². The molecule has 0 amide bonds. The molecule has 1 N–H and O–H groups in total. The second-order valence-electron chi connectivity index (χ2n) is 3.60. The van der Waals surface area contributed by atoms with Crippen LogP contribution in [0.5, 0.6) is 0 Å². The van der Waals surface area contributed by atoms with Gasteiger partial charge in [0.15, 0.2) is 0 Å². The summed E-state index contributed by atoms with van der Waals surface area (Å²) in [6.45, 7) is 0.707. The van der Waals surface area contributed by atoms with Crippen molar-refractivity contribution in [3.8, 4) is 0 Å². The fourth-order valence-electron chi connectivity index (χ4n) is 1.33. The molecule has 3 nitrogen and oxygen atoms in total. The van der Waals surface area contributed by atoms with Gasteiger partial charge in [-0.05, 0) is 18.9 Å². The second-order valence-corrected chi connectivity index (χ2v) is 3.60. The van der Waals surface area contributed by atoms with E-state index in [-0.39, 0.29) is 5.56 Å². The van der Waals surface area contributed by atoms with E-state index in [9.17, 15) is 4.79 Å². The van der Waals surface area contributed by atoms with Gasteiger partial charge in [0.25, 0.3) is 5.56 Å². The standard InChI is InChI=1S/C10H14N2O/c1-12-6-2-3-8(10(12)13)7-11-9-4-5-9/h2-3,6,9,11H,4-5,7H2,1H3. The molecule has 0 spiro atoms. The maximum Gasteiger partial charge on any atom is 0.254 e. The zero-order valence-corrected chi connectivity index (χ0v) is 7.79. The normalized spacial score (nSPS) is 16.1. The molecule has 0 atom stereocenters. The van der Waals surface area contributed by atoms with E-state index in [2.05, 4.69) is 5.32 Å². The van der Waals surface area contributed by atoms with Crippen molar-refractivity contribution in [2.45, 2.75) is 25.4 Å².